The molecule has 1 saturated heterocycles. The van der Waals surface area contributed by atoms with Crippen LogP contribution in [0.5, 0.6) is 0 Å². The first kappa shape index (κ1) is 23.2. The summed E-state index contributed by atoms with van der Waals surface area (Å²) in [5, 5.41) is 4.13. The molecular weight excluding hydrogens is 437 g/mol. The van der Waals surface area contributed by atoms with E-state index < -0.39 is 0 Å². The highest BCUT2D eigenvalue weighted by atomic mass is 19.1. The van der Waals surface area contributed by atoms with Crippen molar-refractivity contribution in [1.82, 2.24) is 9.88 Å². The molecule has 0 saturated carbocycles. The lowest BCUT2D eigenvalue weighted by molar-refractivity contribution is 0.102. The largest absolute Gasteiger partial charge is 0.322 e. The van der Waals surface area contributed by atoms with E-state index in [4.69, 9.17) is 4.98 Å². The number of nitrogens with one attached hydrogen (secondary N) is 1. The molecule has 1 aliphatic rings. The van der Waals surface area contributed by atoms with Crippen molar-refractivity contribution in [3.63, 3.8) is 0 Å². The molecular formula is C30H30FN3O. The molecule has 0 spiro atoms. The highest BCUT2D eigenvalue weighted by Crippen LogP contribution is 2.26. The number of hydrogen-bond donors (Lipinski definition) is 1. The highest BCUT2D eigenvalue weighted by molar-refractivity contribution is 6.06. The fourth-order valence-corrected chi connectivity index (χ4v) is 4.82. The zero-order valence-electron chi connectivity index (χ0n) is 20.1. The zero-order chi connectivity index (χ0) is 24.2. The smallest absolute Gasteiger partial charge is 0.255 e. The number of halogens is 1. The number of carbonyl (C=O) groups excluding carboxylic acids is 1. The van der Waals surface area contributed by atoms with E-state index in [1.807, 2.05) is 37.4 Å². The summed E-state index contributed by atoms with van der Waals surface area (Å²) in [7, 11) is 0. The third-order valence-corrected chi connectivity index (χ3v) is 6.84. The number of anilines is 1. The quantitative estimate of drug-likeness (QED) is 0.344. The lowest BCUT2D eigenvalue weighted by atomic mass is 10.0. The number of aromatic nitrogens is 1. The number of likely N-dealkylation sites (tertiary alicyclic amines) is 1. The molecule has 35 heavy (non-hydrogen) atoms. The number of pyridine rings is 1. The molecule has 4 nitrogen and oxygen atoms in total. The van der Waals surface area contributed by atoms with Gasteiger partial charge in [0, 0.05) is 29.4 Å². The third kappa shape index (κ3) is 5.41. The maximum atomic E-state index is 13.2. The normalized spacial score (nSPS) is 14.6. The molecule has 1 fully saturated rings. The van der Waals surface area contributed by atoms with E-state index in [0.717, 1.165) is 52.9 Å². The van der Waals surface area contributed by atoms with Gasteiger partial charge in [0.05, 0.1) is 5.52 Å². The summed E-state index contributed by atoms with van der Waals surface area (Å²) in [6, 6.07) is 19.9. The Kier molecular flexibility index (Phi) is 6.87. The highest BCUT2D eigenvalue weighted by Gasteiger charge is 2.13. The summed E-state index contributed by atoms with van der Waals surface area (Å²) in [5.74, 6) is -0.436. The van der Waals surface area contributed by atoms with Gasteiger partial charge in [0.25, 0.3) is 5.91 Å². The molecule has 1 aliphatic heterocycles. The summed E-state index contributed by atoms with van der Waals surface area (Å²) >= 11 is 0. The number of fused-ring (bicyclic) bond motifs is 1. The molecule has 0 bridgehead atoms. The maximum absolute atomic E-state index is 13.2. The van der Waals surface area contributed by atoms with Gasteiger partial charge < -0.3 is 5.32 Å². The number of carbonyl (C=O) groups is 1. The first-order valence-corrected chi connectivity index (χ1v) is 12.3. The van der Waals surface area contributed by atoms with Crippen LogP contribution < -0.4 is 5.32 Å². The molecule has 5 heteroatoms. The number of benzene rings is 3. The molecule has 178 valence electrons. The van der Waals surface area contributed by atoms with Crippen molar-refractivity contribution in [2.45, 2.75) is 39.2 Å². The monoisotopic (exact) mass is 467 g/mol. The standard InChI is InChI=1S/C30H30FN3O/c1-21-28(33-30(35)25-8-6-23(7-9-25)24-10-13-27(31)14-11-24)15-12-26-18-22(19-32-29(21)26)20-34-16-4-2-3-5-17-34/h6-15,18-19H,2-5,16-17,20H2,1H3,(H,33,35). The van der Waals surface area contributed by atoms with E-state index in [1.54, 1.807) is 24.3 Å². The first-order chi connectivity index (χ1) is 17.1. The van der Waals surface area contributed by atoms with E-state index >= 15 is 0 Å². The molecule has 5 rings (SSSR count). The molecule has 0 atom stereocenters. The SMILES string of the molecule is Cc1c(NC(=O)c2ccc(-c3ccc(F)cc3)cc2)ccc2cc(CN3CCCCCC3)cnc12. The van der Waals surface area contributed by atoms with Crippen LogP contribution in [0, 0.1) is 12.7 Å². The average molecular weight is 468 g/mol. The minimum atomic E-state index is -0.265. The minimum absolute atomic E-state index is 0.170. The Balaban J connectivity index is 1.30. The molecule has 2 heterocycles. The molecule has 0 unspecified atom stereocenters. The number of aryl methyl sites for hydroxylation is 1. The van der Waals surface area contributed by atoms with Crippen LogP contribution in [0.1, 0.15) is 47.2 Å². The second kappa shape index (κ2) is 10.4. The van der Waals surface area contributed by atoms with Gasteiger partial charge in [-0.2, -0.15) is 0 Å². The third-order valence-electron chi connectivity index (χ3n) is 6.84. The van der Waals surface area contributed by atoms with E-state index in [-0.39, 0.29) is 11.7 Å². The molecule has 1 N–H and O–H groups in total. The van der Waals surface area contributed by atoms with Gasteiger partial charge in [0.2, 0.25) is 0 Å². The lowest BCUT2D eigenvalue weighted by Gasteiger charge is -2.20. The molecule has 0 radical (unpaired) electrons. The van der Waals surface area contributed by atoms with Gasteiger partial charge in [0.1, 0.15) is 5.82 Å². The summed E-state index contributed by atoms with van der Waals surface area (Å²) in [4.78, 5) is 20.2. The Labute approximate surface area is 205 Å². The van der Waals surface area contributed by atoms with E-state index in [1.165, 1.54) is 43.4 Å². The van der Waals surface area contributed by atoms with E-state index in [0.29, 0.717) is 5.56 Å². The van der Waals surface area contributed by atoms with Crippen LogP contribution in [0.2, 0.25) is 0 Å². The van der Waals surface area contributed by atoms with E-state index in [9.17, 15) is 9.18 Å². The second-order valence-corrected chi connectivity index (χ2v) is 9.38. The predicted molar refractivity (Wildman–Crippen MR) is 140 cm³/mol. The number of rotatable bonds is 5. The van der Waals surface area contributed by atoms with Crippen molar-refractivity contribution >= 4 is 22.5 Å². The van der Waals surface area contributed by atoms with Crippen molar-refractivity contribution in [3.05, 3.63) is 95.4 Å². The van der Waals surface area contributed by atoms with Gasteiger partial charge in [-0.25, -0.2) is 4.39 Å². The van der Waals surface area contributed by atoms with Crippen molar-refractivity contribution in [1.29, 1.82) is 0 Å². The summed E-state index contributed by atoms with van der Waals surface area (Å²) < 4.78 is 13.2. The maximum Gasteiger partial charge on any atom is 0.255 e. The van der Waals surface area contributed by atoms with Crippen LogP contribution in [-0.4, -0.2) is 28.9 Å². The Morgan fingerprint density at radius 3 is 2.26 bits per heavy atom. The second-order valence-electron chi connectivity index (χ2n) is 9.38. The molecule has 1 amide bonds. The fourth-order valence-electron chi connectivity index (χ4n) is 4.82. The summed E-state index contributed by atoms with van der Waals surface area (Å²) in [5.41, 5.74) is 6.27. The topological polar surface area (TPSA) is 45.2 Å². The van der Waals surface area contributed by atoms with Crippen molar-refractivity contribution < 1.29 is 9.18 Å². The molecule has 0 aliphatic carbocycles. The Morgan fingerprint density at radius 1 is 0.914 bits per heavy atom. The van der Waals surface area contributed by atoms with Crippen LogP contribution in [0.4, 0.5) is 10.1 Å². The van der Waals surface area contributed by atoms with Gasteiger partial charge in [-0.05, 0) is 91.5 Å². The Hall–Kier alpha value is -3.57. The van der Waals surface area contributed by atoms with Crippen LogP contribution in [-0.2, 0) is 6.54 Å². The van der Waals surface area contributed by atoms with Gasteiger partial charge in [-0.1, -0.05) is 43.2 Å². The molecule has 3 aromatic carbocycles. The average Bonchev–Trinajstić information content (AvgIpc) is 3.15. The number of hydrogen-bond acceptors (Lipinski definition) is 3. The van der Waals surface area contributed by atoms with E-state index in [2.05, 4.69) is 16.3 Å². The Bertz CT molecular complexity index is 1320. The van der Waals surface area contributed by atoms with Crippen LogP contribution in [0.15, 0.2) is 72.9 Å². The van der Waals surface area contributed by atoms with Gasteiger partial charge in [0.15, 0.2) is 0 Å². The lowest BCUT2D eigenvalue weighted by Crippen LogP contribution is -2.24. The number of nitrogens with zero attached hydrogens (tertiary/aromatic N) is 2. The van der Waals surface area contributed by atoms with Gasteiger partial charge in [-0.15, -0.1) is 0 Å². The zero-order valence-corrected chi connectivity index (χ0v) is 20.1. The van der Waals surface area contributed by atoms with Crippen LogP contribution in [0.25, 0.3) is 22.0 Å². The van der Waals surface area contributed by atoms with Crippen LogP contribution >= 0.6 is 0 Å². The predicted octanol–water partition coefficient (Wildman–Crippen LogP) is 6.98. The minimum Gasteiger partial charge on any atom is -0.322 e. The fraction of sp³-hybridized carbons (Fsp3) is 0.267. The van der Waals surface area contributed by atoms with Crippen molar-refractivity contribution in [3.8, 4) is 11.1 Å². The number of amides is 1. The molecule has 1 aromatic heterocycles. The van der Waals surface area contributed by atoms with Gasteiger partial charge >= 0.3 is 0 Å². The Morgan fingerprint density at radius 2 is 1.57 bits per heavy atom. The molecule has 4 aromatic rings. The van der Waals surface area contributed by atoms with Crippen LogP contribution in [0.3, 0.4) is 0 Å². The summed E-state index contributed by atoms with van der Waals surface area (Å²) in [6.45, 7) is 5.26. The van der Waals surface area contributed by atoms with Crippen molar-refractivity contribution in [2.75, 3.05) is 18.4 Å². The first-order valence-electron chi connectivity index (χ1n) is 12.3. The summed E-state index contributed by atoms with van der Waals surface area (Å²) in [6.07, 6.45) is 7.19. The van der Waals surface area contributed by atoms with Gasteiger partial charge in [-0.3, -0.25) is 14.7 Å². The van der Waals surface area contributed by atoms with Crippen molar-refractivity contribution in [2.24, 2.45) is 0 Å².